The molecule has 0 fully saturated rings. The maximum absolute atomic E-state index is 11.2. The highest BCUT2D eigenvalue weighted by Gasteiger charge is 2.17. The smallest absolute Gasteiger partial charge is 0.323 e. The molecule has 0 aromatic carbocycles. The molecule has 0 saturated carbocycles. The van der Waals surface area contributed by atoms with Gasteiger partial charge in [0.05, 0.1) is 5.69 Å². The Labute approximate surface area is 82.6 Å². The largest absolute Gasteiger partial charge is 0.345 e. The van der Waals surface area contributed by atoms with Crippen LogP contribution in [0.4, 0.5) is 0 Å². The Balaban J connectivity index is 2.58. The Morgan fingerprint density at radius 3 is 2.86 bits per heavy atom. The summed E-state index contributed by atoms with van der Waals surface area (Å²) in [5, 5.41) is 0. The predicted molar refractivity (Wildman–Crippen MR) is 54.1 cm³/mol. The third kappa shape index (κ3) is 1.57. The van der Waals surface area contributed by atoms with Crippen LogP contribution in [-0.4, -0.2) is 9.97 Å². The minimum atomic E-state index is -0.266. The summed E-state index contributed by atoms with van der Waals surface area (Å²) in [6.45, 7) is 1.87. The minimum Gasteiger partial charge on any atom is -0.323 e. The van der Waals surface area contributed by atoms with Crippen molar-refractivity contribution in [3.05, 3.63) is 27.4 Å². The van der Waals surface area contributed by atoms with Gasteiger partial charge in [-0.05, 0) is 38.2 Å². The van der Waals surface area contributed by atoms with Crippen molar-refractivity contribution >= 4 is 0 Å². The zero-order chi connectivity index (χ0) is 10.1. The third-order valence-corrected chi connectivity index (χ3v) is 2.69. The molecule has 0 spiro atoms. The van der Waals surface area contributed by atoms with Gasteiger partial charge < -0.3 is 10.7 Å². The van der Waals surface area contributed by atoms with Crippen LogP contribution in [-0.2, 0) is 12.8 Å². The van der Waals surface area contributed by atoms with Gasteiger partial charge in [0.25, 0.3) is 0 Å². The Kier molecular flexibility index (Phi) is 2.37. The number of aromatic nitrogens is 2. The number of nitrogens with two attached hydrogens (primary N) is 1. The van der Waals surface area contributed by atoms with Crippen LogP contribution in [0.15, 0.2) is 4.79 Å². The molecule has 1 heterocycles. The van der Waals surface area contributed by atoms with Crippen LogP contribution in [0.5, 0.6) is 0 Å². The van der Waals surface area contributed by atoms with Gasteiger partial charge in [-0.25, -0.2) is 4.79 Å². The van der Waals surface area contributed by atoms with Gasteiger partial charge >= 0.3 is 5.69 Å². The van der Waals surface area contributed by atoms with Crippen LogP contribution in [0.2, 0.25) is 0 Å². The van der Waals surface area contributed by atoms with Gasteiger partial charge in [0.1, 0.15) is 0 Å². The number of aromatic amines is 1. The van der Waals surface area contributed by atoms with Gasteiger partial charge in [0.15, 0.2) is 0 Å². The summed E-state index contributed by atoms with van der Waals surface area (Å²) >= 11 is 0. The standard InChI is InChI=1S/C10H15N3O/c1-6(11)9-7-4-2-3-5-8(7)12-10(14)13-9/h6H,2-5,11H2,1H3,(H,12,13,14). The topological polar surface area (TPSA) is 71.8 Å². The minimum absolute atomic E-state index is 0.149. The van der Waals surface area contributed by atoms with Crippen molar-refractivity contribution in [2.24, 2.45) is 5.73 Å². The van der Waals surface area contributed by atoms with Crippen molar-refractivity contribution in [1.82, 2.24) is 9.97 Å². The van der Waals surface area contributed by atoms with E-state index < -0.39 is 0 Å². The summed E-state index contributed by atoms with van der Waals surface area (Å²) in [5.74, 6) is 0. The van der Waals surface area contributed by atoms with Crippen LogP contribution in [0.25, 0.3) is 0 Å². The van der Waals surface area contributed by atoms with Gasteiger partial charge in [-0.1, -0.05) is 0 Å². The molecule has 2 rings (SSSR count). The molecule has 0 aliphatic heterocycles. The average molecular weight is 193 g/mol. The molecule has 1 aliphatic carbocycles. The average Bonchev–Trinajstić information content (AvgIpc) is 2.16. The van der Waals surface area contributed by atoms with Crippen molar-refractivity contribution < 1.29 is 0 Å². The molecule has 0 amide bonds. The summed E-state index contributed by atoms with van der Waals surface area (Å²) in [7, 11) is 0. The summed E-state index contributed by atoms with van der Waals surface area (Å²) in [5.41, 5.74) is 8.52. The lowest BCUT2D eigenvalue weighted by atomic mass is 9.93. The maximum atomic E-state index is 11.2. The summed E-state index contributed by atoms with van der Waals surface area (Å²) in [6, 6.07) is -0.149. The normalized spacial score (nSPS) is 17.6. The van der Waals surface area contributed by atoms with E-state index in [0.717, 1.165) is 30.7 Å². The Morgan fingerprint density at radius 1 is 1.43 bits per heavy atom. The van der Waals surface area contributed by atoms with E-state index in [1.54, 1.807) is 0 Å². The SMILES string of the molecule is CC(N)c1nc(=O)[nH]c2c1CCCC2. The number of nitrogens with one attached hydrogen (secondary N) is 1. The van der Waals surface area contributed by atoms with Crippen molar-refractivity contribution in [2.75, 3.05) is 0 Å². The van der Waals surface area contributed by atoms with E-state index in [2.05, 4.69) is 9.97 Å². The van der Waals surface area contributed by atoms with Crippen molar-refractivity contribution in [1.29, 1.82) is 0 Å². The van der Waals surface area contributed by atoms with E-state index in [1.807, 2.05) is 6.92 Å². The molecule has 1 aliphatic rings. The molecule has 1 aromatic rings. The monoisotopic (exact) mass is 193 g/mol. The Morgan fingerprint density at radius 2 is 2.14 bits per heavy atom. The molecule has 1 aromatic heterocycles. The lowest BCUT2D eigenvalue weighted by Crippen LogP contribution is -2.24. The third-order valence-electron chi connectivity index (χ3n) is 2.69. The highest BCUT2D eigenvalue weighted by atomic mass is 16.1. The predicted octanol–water partition coefficient (Wildman–Crippen LogP) is 0.668. The Hall–Kier alpha value is -1.16. The van der Waals surface area contributed by atoms with Crippen molar-refractivity contribution in [3.8, 4) is 0 Å². The van der Waals surface area contributed by atoms with Crippen LogP contribution in [0.3, 0.4) is 0 Å². The van der Waals surface area contributed by atoms with Crippen LogP contribution in [0.1, 0.15) is 42.8 Å². The second-order valence-corrected chi connectivity index (χ2v) is 3.88. The van der Waals surface area contributed by atoms with Gasteiger partial charge in [-0.15, -0.1) is 0 Å². The number of H-pyrrole nitrogens is 1. The summed E-state index contributed by atoms with van der Waals surface area (Å²) in [6.07, 6.45) is 4.26. The lowest BCUT2D eigenvalue weighted by Gasteiger charge is -2.19. The zero-order valence-electron chi connectivity index (χ0n) is 8.34. The molecule has 4 heteroatoms. The van der Waals surface area contributed by atoms with E-state index in [-0.39, 0.29) is 11.7 Å². The van der Waals surface area contributed by atoms with Gasteiger partial charge in [-0.2, -0.15) is 4.98 Å². The van der Waals surface area contributed by atoms with Gasteiger partial charge in [-0.3, -0.25) is 0 Å². The fraction of sp³-hybridized carbons (Fsp3) is 0.600. The number of rotatable bonds is 1. The molecule has 0 saturated heterocycles. The lowest BCUT2D eigenvalue weighted by molar-refractivity contribution is 0.628. The second-order valence-electron chi connectivity index (χ2n) is 3.88. The first-order valence-corrected chi connectivity index (χ1v) is 5.06. The maximum Gasteiger partial charge on any atom is 0.345 e. The first-order valence-electron chi connectivity index (χ1n) is 5.06. The zero-order valence-corrected chi connectivity index (χ0v) is 8.34. The first kappa shape index (κ1) is 9.40. The van der Waals surface area contributed by atoms with Crippen LogP contribution >= 0.6 is 0 Å². The van der Waals surface area contributed by atoms with E-state index >= 15 is 0 Å². The summed E-state index contributed by atoms with van der Waals surface area (Å²) in [4.78, 5) is 18.0. The van der Waals surface area contributed by atoms with Crippen molar-refractivity contribution in [2.45, 2.75) is 38.6 Å². The van der Waals surface area contributed by atoms with Crippen molar-refractivity contribution in [3.63, 3.8) is 0 Å². The number of nitrogens with zero attached hydrogens (tertiary/aromatic N) is 1. The van der Waals surface area contributed by atoms with E-state index in [4.69, 9.17) is 5.73 Å². The van der Waals surface area contributed by atoms with Gasteiger partial charge in [0, 0.05) is 11.7 Å². The number of fused-ring (bicyclic) bond motifs is 1. The van der Waals surface area contributed by atoms with Crippen LogP contribution < -0.4 is 11.4 Å². The molecule has 4 nitrogen and oxygen atoms in total. The quantitative estimate of drug-likeness (QED) is 0.688. The fourth-order valence-electron chi connectivity index (χ4n) is 2.04. The van der Waals surface area contributed by atoms with E-state index in [0.29, 0.717) is 0 Å². The number of hydrogen-bond donors (Lipinski definition) is 2. The molecule has 0 radical (unpaired) electrons. The summed E-state index contributed by atoms with van der Waals surface area (Å²) < 4.78 is 0. The van der Waals surface area contributed by atoms with E-state index in [9.17, 15) is 4.79 Å². The second kappa shape index (κ2) is 3.53. The molecule has 0 bridgehead atoms. The molecular formula is C10H15N3O. The molecule has 14 heavy (non-hydrogen) atoms. The number of hydrogen-bond acceptors (Lipinski definition) is 3. The first-order chi connectivity index (χ1) is 6.68. The molecule has 1 atom stereocenters. The Bertz CT molecular complexity index is 395. The fourth-order valence-corrected chi connectivity index (χ4v) is 2.04. The highest BCUT2D eigenvalue weighted by Crippen LogP contribution is 2.22. The van der Waals surface area contributed by atoms with Gasteiger partial charge in [0.2, 0.25) is 0 Å². The highest BCUT2D eigenvalue weighted by molar-refractivity contribution is 5.28. The molecule has 3 N–H and O–H groups in total. The number of aryl methyl sites for hydroxylation is 1. The molecular weight excluding hydrogens is 178 g/mol. The van der Waals surface area contributed by atoms with E-state index in [1.165, 1.54) is 12.0 Å². The van der Waals surface area contributed by atoms with Crippen LogP contribution in [0, 0.1) is 0 Å². The molecule has 1 unspecified atom stereocenters. The molecule has 76 valence electrons.